The maximum atomic E-state index is 11.6. The van der Waals surface area contributed by atoms with Crippen molar-refractivity contribution in [3.63, 3.8) is 0 Å². The van der Waals surface area contributed by atoms with Crippen molar-refractivity contribution in [1.82, 2.24) is 0 Å². The fourth-order valence-corrected chi connectivity index (χ4v) is 2.49. The monoisotopic (exact) mass is 194 g/mol. The van der Waals surface area contributed by atoms with E-state index in [2.05, 4.69) is 0 Å². The molecule has 0 radical (unpaired) electrons. The Morgan fingerprint density at radius 1 is 1.23 bits per heavy atom. The van der Waals surface area contributed by atoms with Gasteiger partial charge < -0.3 is 0 Å². The molecule has 0 saturated carbocycles. The van der Waals surface area contributed by atoms with Crippen LogP contribution >= 0.6 is 0 Å². The number of carbonyl (C=O) groups is 1. The van der Waals surface area contributed by atoms with Crippen LogP contribution in [0.1, 0.15) is 10.4 Å². The summed E-state index contributed by atoms with van der Waals surface area (Å²) in [5.41, 5.74) is 0.740. The first-order valence-electron chi connectivity index (χ1n) is 4.21. The molecule has 0 aliphatic carbocycles. The van der Waals surface area contributed by atoms with Gasteiger partial charge in [0.1, 0.15) is 0 Å². The van der Waals surface area contributed by atoms with E-state index < -0.39 is 10.8 Å². The molecular formula is C10H10O2S. The molecule has 0 spiro atoms. The van der Waals surface area contributed by atoms with Crippen LogP contribution in [0, 0.1) is 5.92 Å². The van der Waals surface area contributed by atoms with Crippen LogP contribution in [0.15, 0.2) is 30.3 Å². The van der Waals surface area contributed by atoms with Crippen LogP contribution in [-0.2, 0) is 10.8 Å². The predicted octanol–water partition coefficient (Wildman–Crippen LogP) is 1.25. The number of Topliss-reactive ketones (excluding diaryl/α,β-unsaturated/α-hetero) is 1. The molecule has 0 amide bonds. The molecular weight excluding hydrogens is 184 g/mol. The molecule has 68 valence electrons. The molecule has 1 aromatic rings. The van der Waals surface area contributed by atoms with E-state index in [4.69, 9.17) is 0 Å². The summed E-state index contributed by atoms with van der Waals surface area (Å²) in [7, 11) is -0.737. The third-order valence-electron chi connectivity index (χ3n) is 2.20. The fraction of sp³-hybridized carbons (Fsp3) is 0.300. The Morgan fingerprint density at radius 2 is 1.85 bits per heavy atom. The second-order valence-corrected chi connectivity index (χ2v) is 4.75. The highest BCUT2D eigenvalue weighted by Crippen LogP contribution is 2.19. The zero-order chi connectivity index (χ0) is 9.26. The lowest BCUT2D eigenvalue weighted by atomic mass is 10.0. The van der Waals surface area contributed by atoms with Crippen molar-refractivity contribution in [2.24, 2.45) is 5.92 Å². The van der Waals surface area contributed by atoms with Crippen LogP contribution in [-0.4, -0.2) is 21.5 Å². The van der Waals surface area contributed by atoms with Gasteiger partial charge in [0.05, 0.1) is 0 Å². The number of hydrogen-bond acceptors (Lipinski definition) is 2. The maximum Gasteiger partial charge on any atom is 0.167 e. The largest absolute Gasteiger partial charge is 0.294 e. The van der Waals surface area contributed by atoms with E-state index in [0.29, 0.717) is 11.5 Å². The Bertz CT molecular complexity index is 337. The number of ketones is 1. The van der Waals surface area contributed by atoms with Crippen LogP contribution in [0.4, 0.5) is 0 Å². The minimum atomic E-state index is -0.737. The lowest BCUT2D eigenvalue weighted by molar-refractivity contribution is 0.0936. The smallest absolute Gasteiger partial charge is 0.167 e. The summed E-state index contributed by atoms with van der Waals surface area (Å²) >= 11 is 0. The van der Waals surface area contributed by atoms with Gasteiger partial charge in [-0.15, -0.1) is 0 Å². The molecule has 1 heterocycles. The molecule has 1 saturated heterocycles. The van der Waals surface area contributed by atoms with Crippen LogP contribution in [0.5, 0.6) is 0 Å². The minimum Gasteiger partial charge on any atom is -0.294 e. The van der Waals surface area contributed by atoms with Crippen molar-refractivity contribution < 1.29 is 9.00 Å². The van der Waals surface area contributed by atoms with Crippen molar-refractivity contribution in [3.05, 3.63) is 35.9 Å². The molecule has 0 aromatic heterocycles. The second-order valence-electron chi connectivity index (χ2n) is 3.20. The number of hydrogen-bond donors (Lipinski definition) is 0. The summed E-state index contributed by atoms with van der Waals surface area (Å²) in [6.07, 6.45) is 0. The van der Waals surface area contributed by atoms with Gasteiger partial charge >= 0.3 is 0 Å². The van der Waals surface area contributed by atoms with Gasteiger partial charge in [-0.25, -0.2) is 0 Å². The van der Waals surface area contributed by atoms with Crippen LogP contribution in [0.25, 0.3) is 0 Å². The summed E-state index contributed by atoms with van der Waals surface area (Å²) in [5, 5.41) is 0. The van der Waals surface area contributed by atoms with E-state index in [1.807, 2.05) is 30.3 Å². The van der Waals surface area contributed by atoms with Crippen LogP contribution in [0.2, 0.25) is 0 Å². The Morgan fingerprint density at radius 3 is 2.38 bits per heavy atom. The second kappa shape index (κ2) is 3.42. The molecule has 1 aromatic carbocycles. The van der Waals surface area contributed by atoms with E-state index in [-0.39, 0.29) is 11.7 Å². The van der Waals surface area contributed by atoms with Gasteiger partial charge in [0.15, 0.2) is 5.78 Å². The Kier molecular flexibility index (Phi) is 2.27. The highest BCUT2D eigenvalue weighted by molar-refractivity contribution is 7.86. The van der Waals surface area contributed by atoms with Gasteiger partial charge in [-0.1, -0.05) is 30.3 Å². The molecule has 2 nitrogen and oxygen atoms in total. The summed E-state index contributed by atoms with van der Waals surface area (Å²) in [5.74, 6) is 1.24. The maximum absolute atomic E-state index is 11.6. The molecule has 2 rings (SSSR count). The van der Waals surface area contributed by atoms with Crippen LogP contribution in [0.3, 0.4) is 0 Å². The van der Waals surface area contributed by atoms with E-state index in [1.165, 1.54) is 0 Å². The number of carbonyl (C=O) groups excluding carboxylic acids is 1. The standard InChI is InChI=1S/C10H10O2S/c11-10(9-6-13(12)7-9)8-4-2-1-3-5-8/h1-5,9H,6-7H2. The molecule has 1 fully saturated rings. The van der Waals surface area contributed by atoms with Gasteiger partial charge in [-0.3, -0.25) is 9.00 Å². The van der Waals surface area contributed by atoms with Crippen molar-refractivity contribution in [2.75, 3.05) is 11.5 Å². The molecule has 0 atom stereocenters. The highest BCUT2D eigenvalue weighted by atomic mass is 32.2. The van der Waals surface area contributed by atoms with E-state index >= 15 is 0 Å². The molecule has 3 heteroatoms. The van der Waals surface area contributed by atoms with Crippen molar-refractivity contribution in [1.29, 1.82) is 0 Å². The fourth-order valence-electron chi connectivity index (χ4n) is 1.39. The normalized spacial score (nSPS) is 26.5. The summed E-state index contributed by atoms with van der Waals surface area (Å²) in [6, 6.07) is 9.20. The zero-order valence-corrected chi connectivity index (χ0v) is 7.92. The SMILES string of the molecule is O=C(c1ccccc1)C1CS(=O)C1. The molecule has 0 unspecified atom stereocenters. The number of rotatable bonds is 2. The quantitative estimate of drug-likeness (QED) is 0.664. The van der Waals surface area contributed by atoms with Gasteiger partial charge in [0.2, 0.25) is 0 Å². The Hall–Kier alpha value is -0.960. The first-order valence-corrected chi connectivity index (χ1v) is 5.70. The van der Waals surface area contributed by atoms with Crippen LogP contribution < -0.4 is 0 Å². The van der Waals surface area contributed by atoms with Crippen molar-refractivity contribution in [3.8, 4) is 0 Å². The average Bonchev–Trinajstić information content (AvgIpc) is 2.13. The van der Waals surface area contributed by atoms with Gasteiger partial charge in [0.25, 0.3) is 0 Å². The van der Waals surface area contributed by atoms with Crippen molar-refractivity contribution in [2.45, 2.75) is 0 Å². The molecule has 0 bridgehead atoms. The molecule has 1 aliphatic rings. The number of benzene rings is 1. The third-order valence-corrected chi connectivity index (χ3v) is 3.75. The lowest BCUT2D eigenvalue weighted by Gasteiger charge is -2.23. The molecule has 1 aliphatic heterocycles. The van der Waals surface area contributed by atoms with Gasteiger partial charge in [0, 0.05) is 33.8 Å². The topological polar surface area (TPSA) is 34.1 Å². The first-order chi connectivity index (χ1) is 6.27. The van der Waals surface area contributed by atoms with Gasteiger partial charge in [-0.2, -0.15) is 0 Å². The Labute approximate surface area is 79.4 Å². The van der Waals surface area contributed by atoms with E-state index in [0.717, 1.165) is 5.56 Å². The summed E-state index contributed by atoms with van der Waals surface area (Å²) in [6.45, 7) is 0. The zero-order valence-electron chi connectivity index (χ0n) is 7.10. The third kappa shape index (κ3) is 1.70. The summed E-state index contributed by atoms with van der Waals surface area (Å²) < 4.78 is 10.8. The average molecular weight is 194 g/mol. The first kappa shape index (κ1) is 8.63. The molecule has 13 heavy (non-hydrogen) atoms. The van der Waals surface area contributed by atoms with E-state index in [1.54, 1.807) is 0 Å². The minimum absolute atomic E-state index is 0.00299. The lowest BCUT2D eigenvalue weighted by Crippen LogP contribution is -2.37. The Balaban J connectivity index is 2.10. The highest BCUT2D eigenvalue weighted by Gasteiger charge is 2.31. The molecule has 0 N–H and O–H groups in total. The predicted molar refractivity (Wildman–Crippen MR) is 52.1 cm³/mol. The van der Waals surface area contributed by atoms with Crippen molar-refractivity contribution >= 4 is 16.6 Å². The van der Waals surface area contributed by atoms with E-state index in [9.17, 15) is 9.00 Å². The van der Waals surface area contributed by atoms with Gasteiger partial charge in [-0.05, 0) is 0 Å². The summed E-state index contributed by atoms with van der Waals surface area (Å²) in [4.78, 5) is 11.6.